The molecule has 0 saturated carbocycles. The number of carboxylic acids is 3. The topological polar surface area (TPSA) is 158 Å². The Hall–Kier alpha value is -2.16. The van der Waals surface area contributed by atoms with Gasteiger partial charge in [-0.1, -0.05) is 0 Å². The zero-order chi connectivity index (χ0) is 12.9. The van der Waals surface area contributed by atoms with E-state index in [4.69, 9.17) is 20.6 Å². The molecule has 0 bridgehead atoms. The summed E-state index contributed by atoms with van der Waals surface area (Å²) in [5, 5.41) is 33.4. The van der Waals surface area contributed by atoms with Crippen LogP contribution in [0.2, 0.25) is 0 Å². The smallest absolute Gasteiger partial charge is 0.357 e. The highest BCUT2D eigenvalue weighted by Gasteiger charge is 2.42. The van der Waals surface area contributed by atoms with Gasteiger partial charge in [0.05, 0.1) is 12.3 Å². The molecule has 2 atom stereocenters. The van der Waals surface area contributed by atoms with E-state index >= 15 is 0 Å². The van der Waals surface area contributed by atoms with Crippen molar-refractivity contribution in [3.63, 3.8) is 0 Å². The number of carbonyl (C=O) groups excluding carboxylic acids is 1. The van der Waals surface area contributed by atoms with Crippen LogP contribution in [0.1, 0.15) is 6.42 Å². The van der Waals surface area contributed by atoms with Crippen molar-refractivity contribution >= 4 is 23.9 Å². The van der Waals surface area contributed by atoms with E-state index in [-0.39, 0.29) is 0 Å². The van der Waals surface area contributed by atoms with Crippen molar-refractivity contribution in [1.82, 2.24) is 0 Å². The summed E-state index contributed by atoms with van der Waals surface area (Å²) in [6, 6.07) is 0. The lowest BCUT2D eigenvalue weighted by molar-refractivity contribution is -0.241. The lowest BCUT2D eigenvalue weighted by Gasteiger charge is -2.15. The van der Waals surface area contributed by atoms with Gasteiger partial charge in [0.15, 0.2) is 5.92 Å². The van der Waals surface area contributed by atoms with Gasteiger partial charge in [-0.15, -0.1) is 0 Å². The minimum Gasteiger partial charge on any atom is -0.481 e. The van der Waals surface area contributed by atoms with Crippen LogP contribution in [0.15, 0.2) is 0 Å². The zero-order valence-electron chi connectivity index (χ0n) is 7.69. The Labute approximate surface area is 87.8 Å². The van der Waals surface area contributed by atoms with Crippen molar-refractivity contribution in [1.29, 1.82) is 0 Å². The lowest BCUT2D eigenvalue weighted by Crippen LogP contribution is -2.38. The molecule has 0 fully saturated rings. The van der Waals surface area contributed by atoms with Crippen molar-refractivity contribution in [3.05, 3.63) is 0 Å². The Balaban J connectivity index is 5.10. The summed E-state index contributed by atoms with van der Waals surface area (Å²) < 4.78 is 0. The molecule has 0 spiro atoms. The number of rotatable bonds is 6. The van der Waals surface area contributed by atoms with Gasteiger partial charge in [-0.05, 0) is 0 Å². The zero-order valence-corrected chi connectivity index (χ0v) is 7.69. The van der Waals surface area contributed by atoms with E-state index in [1.165, 1.54) is 0 Å². The molecule has 0 radical (unpaired) electrons. The summed E-state index contributed by atoms with van der Waals surface area (Å²) >= 11 is 0. The molecule has 0 amide bonds. The van der Waals surface area contributed by atoms with Gasteiger partial charge >= 0.3 is 23.9 Å². The predicted octanol–water partition coefficient (Wildman–Crippen LogP) is -1.12. The second-order valence-corrected chi connectivity index (χ2v) is 2.77. The lowest BCUT2D eigenvalue weighted by atomic mass is 9.89. The van der Waals surface area contributed by atoms with E-state index in [2.05, 4.69) is 4.89 Å². The summed E-state index contributed by atoms with van der Waals surface area (Å²) in [5.74, 6) is -11.3. The normalized spacial score (nSPS) is 13.6. The minimum absolute atomic E-state index is 1.08. The molecular formula is C7H8O9. The monoisotopic (exact) mass is 236 g/mol. The van der Waals surface area contributed by atoms with E-state index in [0.717, 1.165) is 0 Å². The molecule has 16 heavy (non-hydrogen) atoms. The van der Waals surface area contributed by atoms with Crippen molar-refractivity contribution in [2.75, 3.05) is 0 Å². The number of hydrogen-bond donors (Lipinski definition) is 4. The Kier molecular flexibility index (Phi) is 4.89. The Morgan fingerprint density at radius 1 is 1.00 bits per heavy atom. The first-order chi connectivity index (χ1) is 7.31. The average Bonchev–Trinajstić information content (AvgIpc) is 2.14. The second kappa shape index (κ2) is 5.66. The molecule has 2 unspecified atom stereocenters. The maximum absolute atomic E-state index is 10.8. The van der Waals surface area contributed by atoms with Crippen LogP contribution >= 0.6 is 0 Å². The third-order valence-corrected chi connectivity index (χ3v) is 1.72. The third kappa shape index (κ3) is 3.53. The van der Waals surface area contributed by atoms with Gasteiger partial charge in [0, 0.05) is 0 Å². The molecule has 9 nitrogen and oxygen atoms in total. The SMILES string of the molecule is O=C(O)CC(C(=O)O)C(C(=O)O)C(=O)OO. The van der Waals surface area contributed by atoms with Crippen molar-refractivity contribution in [3.8, 4) is 0 Å². The summed E-state index contributed by atoms with van der Waals surface area (Å²) in [7, 11) is 0. The van der Waals surface area contributed by atoms with Gasteiger partial charge in [-0.2, -0.15) is 5.26 Å². The van der Waals surface area contributed by atoms with Crippen LogP contribution in [0.3, 0.4) is 0 Å². The standard InChI is InChI=1S/C7H8O9/c8-3(9)1-2(5(10)11)4(6(12)13)7(14)16-15/h2,4,15H,1H2,(H,8,9)(H,10,11)(H,12,13). The van der Waals surface area contributed by atoms with E-state index in [0.29, 0.717) is 0 Å². The summed E-state index contributed by atoms with van der Waals surface area (Å²) in [4.78, 5) is 45.3. The first kappa shape index (κ1) is 13.8. The van der Waals surface area contributed by atoms with Gasteiger partial charge < -0.3 is 20.2 Å². The Bertz CT molecular complexity index is 320. The molecule has 0 aromatic heterocycles. The molecule has 0 saturated heterocycles. The van der Waals surface area contributed by atoms with Gasteiger partial charge in [0.1, 0.15) is 0 Å². The molecule has 0 aromatic rings. The van der Waals surface area contributed by atoms with Crippen LogP contribution < -0.4 is 0 Å². The first-order valence-corrected chi connectivity index (χ1v) is 3.84. The highest BCUT2D eigenvalue weighted by molar-refractivity contribution is 5.98. The molecule has 9 heteroatoms. The fraction of sp³-hybridized carbons (Fsp3) is 0.429. The molecule has 0 heterocycles. The molecule has 0 aromatic carbocycles. The quantitative estimate of drug-likeness (QED) is 0.254. The summed E-state index contributed by atoms with van der Waals surface area (Å²) in [6.07, 6.45) is -1.08. The highest BCUT2D eigenvalue weighted by Crippen LogP contribution is 2.18. The maximum atomic E-state index is 10.8. The van der Waals surface area contributed by atoms with E-state index < -0.39 is 42.1 Å². The van der Waals surface area contributed by atoms with Gasteiger partial charge in [-0.3, -0.25) is 14.4 Å². The van der Waals surface area contributed by atoms with Crippen LogP contribution in [0, 0.1) is 11.8 Å². The van der Waals surface area contributed by atoms with Crippen molar-refractivity contribution in [2.24, 2.45) is 11.8 Å². The molecule has 4 N–H and O–H groups in total. The minimum atomic E-state index is -2.28. The molecule has 90 valence electrons. The third-order valence-electron chi connectivity index (χ3n) is 1.72. The van der Waals surface area contributed by atoms with Gasteiger partial charge in [0.2, 0.25) is 0 Å². The molecule has 0 aliphatic rings. The number of carbonyl (C=O) groups is 4. The van der Waals surface area contributed by atoms with Gasteiger partial charge in [-0.25, -0.2) is 4.79 Å². The van der Waals surface area contributed by atoms with Crippen LogP contribution in [0.5, 0.6) is 0 Å². The number of hydrogen-bond acceptors (Lipinski definition) is 6. The fourth-order valence-electron chi connectivity index (χ4n) is 1.03. The number of aliphatic carboxylic acids is 3. The molecular weight excluding hydrogens is 228 g/mol. The fourth-order valence-corrected chi connectivity index (χ4v) is 1.03. The second-order valence-electron chi connectivity index (χ2n) is 2.77. The largest absolute Gasteiger partial charge is 0.481 e. The van der Waals surface area contributed by atoms with Gasteiger partial charge in [0.25, 0.3) is 0 Å². The summed E-state index contributed by atoms with van der Waals surface area (Å²) in [5.41, 5.74) is 0. The Morgan fingerprint density at radius 2 is 1.50 bits per heavy atom. The van der Waals surface area contributed by atoms with Crippen LogP contribution in [-0.2, 0) is 24.1 Å². The number of carboxylic acid groups (broad SMARTS) is 3. The summed E-state index contributed by atoms with van der Waals surface area (Å²) in [6.45, 7) is 0. The molecule has 0 aliphatic carbocycles. The predicted molar refractivity (Wildman–Crippen MR) is 43.2 cm³/mol. The molecule has 0 rings (SSSR count). The van der Waals surface area contributed by atoms with Crippen LogP contribution in [0.25, 0.3) is 0 Å². The highest BCUT2D eigenvalue weighted by atomic mass is 17.1. The average molecular weight is 236 g/mol. The maximum Gasteiger partial charge on any atom is 0.357 e. The van der Waals surface area contributed by atoms with E-state index in [9.17, 15) is 19.2 Å². The van der Waals surface area contributed by atoms with Crippen molar-refractivity contribution in [2.45, 2.75) is 6.42 Å². The van der Waals surface area contributed by atoms with Crippen LogP contribution in [0.4, 0.5) is 0 Å². The van der Waals surface area contributed by atoms with E-state index in [1.807, 2.05) is 0 Å². The first-order valence-electron chi connectivity index (χ1n) is 3.84. The Morgan fingerprint density at radius 3 is 1.75 bits per heavy atom. The van der Waals surface area contributed by atoms with Crippen LogP contribution in [-0.4, -0.2) is 44.5 Å². The van der Waals surface area contributed by atoms with E-state index in [1.54, 1.807) is 0 Å². The molecule has 0 aliphatic heterocycles. The van der Waals surface area contributed by atoms with Crippen molar-refractivity contribution < 1.29 is 44.6 Å².